The molecule has 0 aromatic heterocycles. The summed E-state index contributed by atoms with van der Waals surface area (Å²) in [4.78, 5) is 12.3. The van der Waals surface area contributed by atoms with Crippen LogP contribution in [0.3, 0.4) is 0 Å². The lowest BCUT2D eigenvalue weighted by molar-refractivity contribution is -0.119. The summed E-state index contributed by atoms with van der Waals surface area (Å²) in [5.74, 6) is 0.741. The van der Waals surface area contributed by atoms with Crippen LogP contribution in [-0.4, -0.2) is 41.3 Å². The number of methoxy groups -OCH3 is 2. The van der Waals surface area contributed by atoms with Gasteiger partial charge in [-0.25, -0.2) is 8.42 Å². The van der Waals surface area contributed by atoms with Gasteiger partial charge in [0, 0.05) is 6.54 Å². The first-order chi connectivity index (χ1) is 12.3. The second-order valence-electron chi connectivity index (χ2n) is 5.57. The molecule has 0 fully saturated rings. The molecule has 0 aliphatic heterocycles. The van der Waals surface area contributed by atoms with Gasteiger partial charge in [0.25, 0.3) is 0 Å². The number of carbonyl (C=O) groups is 1. The number of carbonyl (C=O) groups excluding carboxylic acids is 1. The van der Waals surface area contributed by atoms with Crippen LogP contribution < -0.4 is 19.1 Å². The number of sulfonamides is 1. The van der Waals surface area contributed by atoms with Gasteiger partial charge in [-0.1, -0.05) is 24.3 Å². The maximum Gasteiger partial charge on any atom is 0.241 e. The fraction of sp³-hybridized carbons (Fsp3) is 0.278. The second kappa shape index (κ2) is 8.57. The van der Waals surface area contributed by atoms with Crippen molar-refractivity contribution in [2.45, 2.75) is 6.54 Å². The fourth-order valence-corrected chi connectivity index (χ4v) is 3.23. The molecule has 0 heterocycles. The van der Waals surface area contributed by atoms with Crippen LogP contribution in [0.15, 0.2) is 48.5 Å². The SMILES string of the molecule is COc1ccc(CNC(=O)CN(c2ccccc2)S(C)(=O)=O)cc1OC. The van der Waals surface area contributed by atoms with E-state index in [1.54, 1.807) is 55.6 Å². The van der Waals surface area contributed by atoms with E-state index in [1.165, 1.54) is 7.11 Å². The highest BCUT2D eigenvalue weighted by atomic mass is 32.2. The fourth-order valence-electron chi connectivity index (χ4n) is 2.37. The van der Waals surface area contributed by atoms with Crippen molar-refractivity contribution in [1.82, 2.24) is 5.32 Å². The monoisotopic (exact) mass is 378 g/mol. The Hall–Kier alpha value is -2.74. The average molecular weight is 378 g/mol. The Morgan fingerprint density at radius 1 is 1.04 bits per heavy atom. The highest BCUT2D eigenvalue weighted by Crippen LogP contribution is 2.27. The molecular formula is C18H22N2O5S. The third-order valence-corrected chi connectivity index (χ3v) is 4.81. The quantitative estimate of drug-likeness (QED) is 0.757. The molecule has 1 amide bonds. The van der Waals surface area contributed by atoms with Crippen molar-refractivity contribution in [1.29, 1.82) is 0 Å². The molecule has 0 spiro atoms. The lowest BCUT2D eigenvalue weighted by atomic mass is 10.2. The van der Waals surface area contributed by atoms with Crippen LogP contribution in [-0.2, 0) is 21.4 Å². The van der Waals surface area contributed by atoms with E-state index in [0.717, 1.165) is 16.1 Å². The summed E-state index contributed by atoms with van der Waals surface area (Å²) in [6.45, 7) is -0.0539. The molecular weight excluding hydrogens is 356 g/mol. The van der Waals surface area contributed by atoms with Crippen molar-refractivity contribution in [3.05, 3.63) is 54.1 Å². The van der Waals surface area contributed by atoms with E-state index < -0.39 is 15.9 Å². The van der Waals surface area contributed by atoms with Gasteiger partial charge in [-0.3, -0.25) is 9.10 Å². The number of benzene rings is 2. The maximum atomic E-state index is 12.3. The molecule has 0 unspecified atom stereocenters. The van der Waals surface area contributed by atoms with Gasteiger partial charge >= 0.3 is 0 Å². The zero-order chi connectivity index (χ0) is 19.2. The molecule has 1 N–H and O–H groups in total. The molecule has 0 saturated heterocycles. The largest absolute Gasteiger partial charge is 0.493 e. The second-order valence-corrected chi connectivity index (χ2v) is 7.48. The summed E-state index contributed by atoms with van der Waals surface area (Å²) < 4.78 is 35.5. The van der Waals surface area contributed by atoms with E-state index in [0.29, 0.717) is 17.2 Å². The summed E-state index contributed by atoms with van der Waals surface area (Å²) in [7, 11) is -0.504. The molecule has 0 atom stereocenters. The molecule has 0 aliphatic carbocycles. The lowest BCUT2D eigenvalue weighted by Gasteiger charge is -2.21. The summed E-state index contributed by atoms with van der Waals surface area (Å²) in [6, 6.07) is 13.8. The van der Waals surface area contributed by atoms with Crippen molar-refractivity contribution in [3.8, 4) is 11.5 Å². The topological polar surface area (TPSA) is 84.9 Å². The normalized spacial score (nSPS) is 10.9. The number of anilines is 1. The predicted octanol–water partition coefficient (Wildman–Crippen LogP) is 1.79. The zero-order valence-electron chi connectivity index (χ0n) is 14.9. The van der Waals surface area contributed by atoms with E-state index >= 15 is 0 Å². The first kappa shape index (κ1) is 19.6. The van der Waals surface area contributed by atoms with Crippen LogP contribution in [0.4, 0.5) is 5.69 Å². The van der Waals surface area contributed by atoms with Gasteiger partial charge in [-0.2, -0.15) is 0 Å². The van der Waals surface area contributed by atoms with Crippen LogP contribution in [0.25, 0.3) is 0 Å². The minimum absolute atomic E-state index is 0.242. The van der Waals surface area contributed by atoms with Crippen LogP contribution in [0.1, 0.15) is 5.56 Å². The number of hydrogen-bond acceptors (Lipinski definition) is 5. The summed E-state index contributed by atoms with van der Waals surface area (Å²) >= 11 is 0. The number of amides is 1. The first-order valence-electron chi connectivity index (χ1n) is 7.85. The lowest BCUT2D eigenvalue weighted by Crippen LogP contribution is -2.40. The van der Waals surface area contributed by atoms with Crippen molar-refractivity contribution < 1.29 is 22.7 Å². The molecule has 2 aromatic carbocycles. The van der Waals surface area contributed by atoms with E-state index in [4.69, 9.17) is 9.47 Å². The molecule has 0 saturated carbocycles. The highest BCUT2D eigenvalue weighted by Gasteiger charge is 2.20. The Balaban J connectivity index is 2.05. The van der Waals surface area contributed by atoms with Gasteiger partial charge < -0.3 is 14.8 Å². The Kier molecular flexibility index (Phi) is 6.46. The van der Waals surface area contributed by atoms with E-state index in [2.05, 4.69) is 5.32 Å². The van der Waals surface area contributed by atoms with Gasteiger partial charge in [0.2, 0.25) is 15.9 Å². The standard InChI is InChI=1S/C18H22N2O5S/c1-24-16-10-9-14(11-17(16)25-2)12-19-18(21)13-20(26(3,22)23)15-7-5-4-6-8-15/h4-11H,12-13H2,1-3H3,(H,19,21). The Labute approximate surface area is 153 Å². The van der Waals surface area contributed by atoms with Gasteiger partial charge in [0.1, 0.15) is 6.54 Å². The Bertz CT molecular complexity index is 853. The zero-order valence-corrected chi connectivity index (χ0v) is 15.7. The van der Waals surface area contributed by atoms with Gasteiger partial charge in [-0.05, 0) is 29.8 Å². The summed E-state index contributed by atoms with van der Waals surface area (Å²) in [5, 5.41) is 2.72. The summed E-state index contributed by atoms with van der Waals surface area (Å²) in [6.07, 6.45) is 1.07. The minimum Gasteiger partial charge on any atom is -0.493 e. The minimum atomic E-state index is -3.58. The van der Waals surface area contributed by atoms with E-state index in [9.17, 15) is 13.2 Å². The smallest absolute Gasteiger partial charge is 0.241 e. The molecule has 0 bridgehead atoms. The third kappa shape index (κ3) is 5.13. The number of ether oxygens (including phenoxy) is 2. The highest BCUT2D eigenvalue weighted by molar-refractivity contribution is 7.92. The predicted molar refractivity (Wildman–Crippen MR) is 100 cm³/mol. The van der Waals surface area contributed by atoms with Crippen molar-refractivity contribution >= 4 is 21.6 Å². The van der Waals surface area contributed by atoms with Crippen LogP contribution in [0, 0.1) is 0 Å². The molecule has 7 nitrogen and oxygen atoms in total. The number of para-hydroxylation sites is 1. The first-order valence-corrected chi connectivity index (χ1v) is 9.70. The Morgan fingerprint density at radius 3 is 2.27 bits per heavy atom. The van der Waals surface area contributed by atoms with E-state index in [-0.39, 0.29) is 13.1 Å². The summed E-state index contributed by atoms with van der Waals surface area (Å²) in [5.41, 5.74) is 1.25. The van der Waals surface area contributed by atoms with Crippen LogP contribution in [0.2, 0.25) is 0 Å². The molecule has 140 valence electrons. The number of rotatable bonds is 8. The van der Waals surface area contributed by atoms with Gasteiger partial charge in [0.05, 0.1) is 26.2 Å². The van der Waals surface area contributed by atoms with Crippen LogP contribution in [0.5, 0.6) is 11.5 Å². The van der Waals surface area contributed by atoms with Gasteiger partial charge in [-0.15, -0.1) is 0 Å². The van der Waals surface area contributed by atoms with Crippen molar-refractivity contribution in [2.24, 2.45) is 0 Å². The number of nitrogens with one attached hydrogen (secondary N) is 1. The molecule has 2 aromatic rings. The van der Waals surface area contributed by atoms with E-state index in [1.807, 2.05) is 0 Å². The molecule has 2 rings (SSSR count). The number of nitrogens with zero attached hydrogens (tertiary/aromatic N) is 1. The van der Waals surface area contributed by atoms with Crippen molar-refractivity contribution in [2.75, 3.05) is 31.3 Å². The molecule has 0 radical (unpaired) electrons. The molecule has 26 heavy (non-hydrogen) atoms. The average Bonchev–Trinajstić information content (AvgIpc) is 2.63. The number of hydrogen-bond donors (Lipinski definition) is 1. The molecule has 0 aliphatic rings. The van der Waals surface area contributed by atoms with Crippen molar-refractivity contribution in [3.63, 3.8) is 0 Å². The van der Waals surface area contributed by atoms with Gasteiger partial charge in [0.15, 0.2) is 11.5 Å². The third-order valence-electron chi connectivity index (χ3n) is 3.67. The van der Waals surface area contributed by atoms with Crippen LogP contribution >= 0.6 is 0 Å². The Morgan fingerprint density at radius 2 is 1.69 bits per heavy atom. The maximum absolute atomic E-state index is 12.3. The molecule has 8 heteroatoms.